The van der Waals surface area contributed by atoms with E-state index < -0.39 is 11.9 Å². The van der Waals surface area contributed by atoms with Crippen LogP contribution in [0.5, 0.6) is 0 Å². The van der Waals surface area contributed by atoms with E-state index >= 15 is 0 Å². The fourth-order valence-corrected chi connectivity index (χ4v) is 2.18. The van der Waals surface area contributed by atoms with E-state index in [1.54, 1.807) is 6.07 Å². The maximum Gasteiger partial charge on any atom is 0.433 e. The molecule has 20 heavy (non-hydrogen) atoms. The molecule has 1 N–H and O–H groups in total. The van der Waals surface area contributed by atoms with Crippen LogP contribution in [0.3, 0.4) is 0 Å². The fraction of sp³-hybridized carbons (Fsp3) is 0.615. The van der Waals surface area contributed by atoms with E-state index in [-0.39, 0.29) is 6.04 Å². The molecule has 0 aromatic carbocycles. The predicted octanol–water partition coefficient (Wildman–Crippen LogP) is 1.92. The molecule has 1 aliphatic rings. The van der Waals surface area contributed by atoms with Crippen molar-refractivity contribution >= 4 is 5.82 Å². The smallest absolute Gasteiger partial charge is 0.377 e. The summed E-state index contributed by atoms with van der Waals surface area (Å²) in [6, 6.07) is 3.99. The first kappa shape index (κ1) is 15.1. The summed E-state index contributed by atoms with van der Waals surface area (Å²) in [5, 5.41) is 3.19. The van der Waals surface area contributed by atoms with Crippen LogP contribution in [0.2, 0.25) is 0 Å². The van der Waals surface area contributed by atoms with Gasteiger partial charge in [0.05, 0.1) is 19.3 Å². The monoisotopic (exact) mass is 289 g/mol. The number of alkyl halides is 3. The molecule has 1 aliphatic heterocycles. The lowest BCUT2D eigenvalue weighted by atomic mass is 10.2. The molecule has 1 aromatic heterocycles. The minimum absolute atomic E-state index is 0.000293. The highest BCUT2D eigenvalue weighted by Gasteiger charge is 2.33. The molecule has 2 heterocycles. The van der Waals surface area contributed by atoms with Gasteiger partial charge in [-0.1, -0.05) is 13.0 Å². The number of nitrogens with zero attached hydrogens (tertiary/aromatic N) is 2. The number of morpholine rings is 1. The van der Waals surface area contributed by atoms with Crippen LogP contribution in [-0.2, 0) is 10.9 Å². The maximum absolute atomic E-state index is 12.7. The molecule has 0 amide bonds. The molecule has 0 radical (unpaired) electrons. The minimum Gasteiger partial charge on any atom is -0.377 e. The first-order chi connectivity index (χ1) is 9.52. The zero-order valence-electron chi connectivity index (χ0n) is 11.3. The van der Waals surface area contributed by atoms with Gasteiger partial charge in [0.25, 0.3) is 0 Å². The number of hydrogen-bond donors (Lipinski definition) is 1. The number of aromatic nitrogens is 1. The highest BCUT2D eigenvalue weighted by Crippen LogP contribution is 2.29. The van der Waals surface area contributed by atoms with Gasteiger partial charge in [-0.05, 0) is 18.7 Å². The van der Waals surface area contributed by atoms with E-state index in [0.717, 1.165) is 12.6 Å². The average Bonchev–Trinajstić information content (AvgIpc) is 2.45. The standard InChI is InChI=1S/C13H18F3N3O/c1-2-17-8-10-9-20-7-6-19(10)12-5-3-4-11(18-12)13(14,15)16/h3-5,10,17H,2,6-9H2,1H3. The quantitative estimate of drug-likeness (QED) is 0.919. The van der Waals surface area contributed by atoms with E-state index in [2.05, 4.69) is 10.3 Å². The zero-order chi connectivity index (χ0) is 14.6. The van der Waals surface area contributed by atoms with E-state index in [0.29, 0.717) is 32.1 Å². The summed E-state index contributed by atoms with van der Waals surface area (Å²) in [6.45, 7) is 4.99. The predicted molar refractivity (Wildman–Crippen MR) is 69.7 cm³/mol. The van der Waals surface area contributed by atoms with Crippen molar-refractivity contribution in [3.8, 4) is 0 Å². The molecule has 112 valence electrons. The Bertz CT molecular complexity index is 439. The van der Waals surface area contributed by atoms with Crippen LogP contribution >= 0.6 is 0 Å². The van der Waals surface area contributed by atoms with Gasteiger partial charge in [0.15, 0.2) is 0 Å². The lowest BCUT2D eigenvalue weighted by molar-refractivity contribution is -0.141. The van der Waals surface area contributed by atoms with Gasteiger partial charge >= 0.3 is 6.18 Å². The highest BCUT2D eigenvalue weighted by atomic mass is 19.4. The van der Waals surface area contributed by atoms with Crippen molar-refractivity contribution in [2.75, 3.05) is 37.7 Å². The molecule has 1 aromatic rings. The topological polar surface area (TPSA) is 37.4 Å². The van der Waals surface area contributed by atoms with Crippen LogP contribution in [0.4, 0.5) is 19.0 Å². The molecular formula is C13H18F3N3O. The number of hydrogen-bond acceptors (Lipinski definition) is 4. The summed E-state index contributed by atoms with van der Waals surface area (Å²) in [5.74, 6) is 0.353. The molecular weight excluding hydrogens is 271 g/mol. The number of halogens is 3. The Balaban J connectivity index is 2.19. The van der Waals surface area contributed by atoms with Gasteiger partial charge in [0.2, 0.25) is 0 Å². The highest BCUT2D eigenvalue weighted by molar-refractivity contribution is 5.41. The normalized spacial score (nSPS) is 20.2. The van der Waals surface area contributed by atoms with Crippen molar-refractivity contribution in [3.05, 3.63) is 23.9 Å². The third kappa shape index (κ3) is 3.61. The summed E-state index contributed by atoms with van der Waals surface area (Å²) in [7, 11) is 0. The van der Waals surface area contributed by atoms with Gasteiger partial charge in [-0.3, -0.25) is 0 Å². The molecule has 0 aliphatic carbocycles. The molecule has 0 spiro atoms. The molecule has 0 bridgehead atoms. The van der Waals surface area contributed by atoms with Crippen molar-refractivity contribution in [2.45, 2.75) is 19.1 Å². The van der Waals surface area contributed by atoms with Crippen molar-refractivity contribution in [3.63, 3.8) is 0 Å². The Morgan fingerprint density at radius 2 is 2.25 bits per heavy atom. The van der Waals surface area contributed by atoms with Crippen LogP contribution in [0.1, 0.15) is 12.6 Å². The van der Waals surface area contributed by atoms with Gasteiger partial charge in [-0.15, -0.1) is 0 Å². The number of pyridine rings is 1. The molecule has 7 heteroatoms. The van der Waals surface area contributed by atoms with Crippen LogP contribution in [0, 0.1) is 0 Å². The molecule has 1 atom stereocenters. The molecule has 0 saturated carbocycles. The lowest BCUT2D eigenvalue weighted by Crippen LogP contribution is -2.51. The second-order valence-electron chi connectivity index (χ2n) is 4.61. The zero-order valence-corrected chi connectivity index (χ0v) is 11.3. The number of rotatable bonds is 4. The number of ether oxygens (including phenoxy) is 1. The van der Waals surface area contributed by atoms with Crippen LogP contribution in [0.25, 0.3) is 0 Å². The first-order valence-corrected chi connectivity index (χ1v) is 6.61. The maximum atomic E-state index is 12.7. The van der Waals surface area contributed by atoms with Gasteiger partial charge in [-0.25, -0.2) is 4.98 Å². The molecule has 1 unspecified atom stereocenters. The fourth-order valence-electron chi connectivity index (χ4n) is 2.18. The number of anilines is 1. The SMILES string of the molecule is CCNCC1COCCN1c1cccc(C(F)(F)F)n1. The summed E-state index contributed by atoms with van der Waals surface area (Å²) < 4.78 is 43.5. The van der Waals surface area contributed by atoms with Crippen molar-refractivity contribution < 1.29 is 17.9 Å². The summed E-state index contributed by atoms with van der Waals surface area (Å²) in [5.41, 5.74) is -0.858. The first-order valence-electron chi connectivity index (χ1n) is 6.61. The van der Waals surface area contributed by atoms with E-state index in [4.69, 9.17) is 4.74 Å². The van der Waals surface area contributed by atoms with Crippen molar-refractivity contribution in [1.82, 2.24) is 10.3 Å². The Kier molecular flexibility index (Phi) is 4.82. The lowest BCUT2D eigenvalue weighted by Gasteiger charge is -2.36. The second-order valence-corrected chi connectivity index (χ2v) is 4.61. The molecule has 2 rings (SSSR count). The summed E-state index contributed by atoms with van der Waals surface area (Å²) in [6.07, 6.45) is -4.42. The van der Waals surface area contributed by atoms with Crippen LogP contribution in [-0.4, -0.2) is 43.9 Å². The third-order valence-electron chi connectivity index (χ3n) is 3.18. The van der Waals surface area contributed by atoms with Crippen LogP contribution in [0.15, 0.2) is 18.2 Å². The Morgan fingerprint density at radius 1 is 1.45 bits per heavy atom. The Hall–Kier alpha value is -1.34. The second kappa shape index (κ2) is 6.41. The van der Waals surface area contributed by atoms with E-state index in [9.17, 15) is 13.2 Å². The van der Waals surface area contributed by atoms with Gasteiger partial charge in [0, 0.05) is 13.1 Å². The van der Waals surface area contributed by atoms with Crippen molar-refractivity contribution in [2.24, 2.45) is 0 Å². The van der Waals surface area contributed by atoms with Crippen molar-refractivity contribution in [1.29, 1.82) is 0 Å². The largest absolute Gasteiger partial charge is 0.433 e. The van der Waals surface area contributed by atoms with Crippen LogP contribution < -0.4 is 10.2 Å². The van der Waals surface area contributed by atoms with Gasteiger partial charge in [0.1, 0.15) is 11.5 Å². The average molecular weight is 289 g/mol. The summed E-state index contributed by atoms with van der Waals surface area (Å²) >= 11 is 0. The Morgan fingerprint density at radius 3 is 2.95 bits per heavy atom. The van der Waals surface area contributed by atoms with Gasteiger partial charge < -0.3 is 15.0 Å². The molecule has 1 saturated heterocycles. The minimum atomic E-state index is -4.42. The third-order valence-corrected chi connectivity index (χ3v) is 3.18. The van der Waals surface area contributed by atoms with Gasteiger partial charge in [-0.2, -0.15) is 13.2 Å². The molecule has 1 fully saturated rings. The summed E-state index contributed by atoms with van der Waals surface area (Å²) in [4.78, 5) is 5.62. The Labute approximate surface area is 115 Å². The van der Waals surface area contributed by atoms with E-state index in [1.807, 2.05) is 11.8 Å². The number of nitrogens with one attached hydrogen (secondary N) is 1. The van der Waals surface area contributed by atoms with E-state index in [1.165, 1.54) is 6.07 Å². The number of likely N-dealkylation sites (N-methyl/N-ethyl adjacent to an activating group) is 1. The molecule has 4 nitrogen and oxygen atoms in total.